The van der Waals surface area contributed by atoms with Crippen LogP contribution in [0.15, 0.2) is 48.6 Å². The molecule has 2 rings (SSSR count). The molecule has 0 spiro atoms. The second-order valence-corrected chi connectivity index (χ2v) is 8.39. The largest absolute Gasteiger partial charge is 0.353 e. The van der Waals surface area contributed by atoms with Gasteiger partial charge in [-0.05, 0) is 63.5 Å². The lowest BCUT2D eigenvalue weighted by atomic mass is 10.1. The van der Waals surface area contributed by atoms with Crippen LogP contribution >= 0.6 is 0 Å². The number of allylic oxidation sites excluding steroid dienone is 6. The summed E-state index contributed by atoms with van der Waals surface area (Å²) in [7, 11) is 0. The lowest BCUT2D eigenvalue weighted by Crippen LogP contribution is -2.48. The van der Waals surface area contributed by atoms with Crippen LogP contribution < -0.4 is 10.6 Å². The quantitative estimate of drug-likeness (QED) is 0.532. The molecule has 2 N–H and O–H groups in total. The van der Waals surface area contributed by atoms with Crippen molar-refractivity contribution in [3.05, 3.63) is 48.6 Å². The zero-order valence-electron chi connectivity index (χ0n) is 17.0. The zero-order valence-corrected chi connectivity index (χ0v) is 17.0. The Kier molecular flexibility index (Phi) is 7.05. The van der Waals surface area contributed by atoms with Crippen molar-refractivity contribution in [1.82, 2.24) is 15.5 Å². The van der Waals surface area contributed by atoms with Gasteiger partial charge in [0, 0.05) is 31.2 Å². The summed E-state index contributed by atoms with van der Waals surface area (Å²) >= 11 is 0. The van der Waals surface area contributed by atoms with E-state index in [1.165, 1.54) is 0 Å². The predicted octanol–water partition coefficient (Wildman–Crippen LogP) is 3.42. The SMILES string of the molecule is C=CC(/C=C/C(=O)NCCC1[C@H]2CN(C(=O)NC(C)(C)C)C[C@@H]12)=C\C=C/C. The van der Waals surface area contributed by atoms with Gasteiger partial charge in [-0.3, -0.25) is 4.79 Å². The number of urea groups is 1. The van der Waals surface area contributed by atoms with Gasteiger partial charge >= 0.3 is 6.03 Å². The molecule has 148 valence electrons. The second kappa shape index (κ2) is 9.07. The molecule has 2 aliphatic rings. The third kappa shape index (κ3) is 6.42. The van der Waals surface area contributed by atoms with E-state index in [0.29, 0.717) is 24.3 Å². The Labute approximate surface area is 163 Å². The Morgan fingerprint density at radius 2 is 1.85 bits per heavy atom. The first-order valence-electron chi connectivity index (χ1n) is 9.73. The second-order valence-electron chi connectivity index (χ2n) is 8.39. The van der Waals surface area contributed by atoms with Gasteiger partial charge in [0.25, 0.3) is 0 Å². The van der Waals surface area contributed by atoms with Crippen LogP contribution in [0.3, 0.4) is 0 Å². The highest BCUT2D eigenvalue weighted by Crippen LogP contribution is 2.53. The molecule has 0 aromatic heterocycles. The number of hydrogen-bond acceptors (Lipinski definition) is 2. The Balaban J connectivity index is 1.66. The summed E-state index contributed by atoms with van der Waals surface area (Å²) in [6.07, 6.45) is 11.8. The van der Waals surface area contributed by atoms with Crippen molar-refractivity contribution < 1.29 is 9.59 Å². The molecule has 1 unspecified atom stereocenters. The summed E-state index contributed by atoms with van der Waals surface area (Å²) in [5.74, 6) is 1.74. The minimum absolute atomic E-state index is 0.0379. The Morgan fingerprint density at radius 1 is 1.19 bits per heavy atom. The smallest absolute Gasteiger partial charge is 0.317 e. The van der Waals surface area contributed by atoms with E-state index in [1.807, 2.05) is 50.8 Å². The fourth-order valence-corrected chi connectivity index (χ4v) is 3.64. The first kappa shape index (κ1) is 21.0. The molecule has 1 saturated heterocycles. The van der Waals surface area contributed by atoms with E-state index in [2.05, 4.69) is 17.2 Å². The van der Waals surface area contributed by atoms with Crippen LogP contribution in [-0.4, -0.2) is 42.0 Å². The number of carbonyl (C=O) groups is 2. The maximum Gasteiger partial charge on any atom is 0.317 e. The Morgan fingerprint density at radius 3 is 2.41 bits per heavy atom. The molecule has 0 aromatic rings. The lowest BCUT2D eigenvalue weighted by Gasteiger charge is -2.27. The van der Waals surface area contributed by atoms with Gasteiger partial charge in [0.1, 0.15) is 0 Å². The van der Waals surface area contributed by atoms with Crippen molar-refractivity contribution in [2.24, 2.45) is 17.8 Å². The van der Waals surface area contributed by atoms with Crippen LogP contribution in [-0.2, 0) is 4.79 Å². The number of nitrogens with zero attached hydrogens (tertiary/aromatic N) is 1. The average Bonchev–Trinajstić information content (AvgIpc) is 3.03. The zero-order chi connectivity index (χ0) is 20.0. The van der Waals surface area contributed by atoms with Crippen LogP contribution in [0.4, 0.5) is 4.79 Å². The van der Waals surface area contributed by atoms with Gasteiger partial charge in [-0.1, -0.05) is 30.9 Å². The number of rotatable bonds is 7. The van der Waals surface area contributed by atoms with Crippen molar-refractivity contribution in [2.45, 2.75) is 39.7 Å². The van der Waals surface area contributed by atoms with E-state index in [4.69, 9.17) is 0 Å². The van der Waals surface area contributed by atoms with Crippen molar-refractivity contribution in [3.8, 4) is 0 Å². The molecular formula is C22H33N3O2. The fourth-order valence-electron chi connectivity index (χ4n) is 3.64. The molecule has 1 saturated carbocycles. The van der Waals surface area contributed by atoms with Crippen molar-refractivity contribution >= 4 is 11.9 Å². The molecule has 3 amide bonds. The molecule has 5 nitrogen and oxygen atoms in total. The third-order valence-electron chi connectivity index (χ3n) is 5.06. The van der Waals surface area contributed by atoms with Crippen LogP contribution in [0.1, 0.15) is 34.1 Å². The van der Waals surface area contributed by atoms with Crippen LogP contribution in [0.2, 0.25) is 0 Å². The summed E-state index contributed by atoms with van der Waals surface area (Å²) in [6, 6.07) is 0.0379. The predicted molar refractivity (Wildman–Crippen MR) is 110 cm³/mol. The lowest BCUT2D eigenvalue weighted by molar-refractivity contribution is -0.116. The van der Waals surface area contributed by atoms with Crippen molar-refractivity contribution in [2.75, 3.05) is 19.6 Å². The van der Waals surface area contributed by atoms with Gasteiger partial charge < -0.3 is 15.5 Å². The van der Waals surface area contributed by atoms with Crippen molar-refractivity contribution in [3.63, 3.8) is 0 Å². The maximum atomic E-state index is 12.2. The Hall–Kier alpha value is -2.30. The average molecular weight is 372 g/mol. The summed E-state index contributed by atoms with van der Waals surface area (Å²) in [5, 5.41) is 5.97. The van der Waals surface area contributed by atoms with Gasteiger partial charge in [-0.2, -0.15) is 0 Å². The summed E-state index contributed by atoms with van der Waals surface area (Å²) in [6.45, 7) is 14.0. The number of carbonyl (C=O) groups excluding carboxylic acids is 2. The molecule has 0 radical (unpaired) electrons. The molecule has 1 aliphatic heterocycles. The monoisotopic (exact) mass is 371 g/mol. The van der Waals surface area contributed by atoms with Gasteiger partial charge in [-0.25, -0.2) is 4.79 Å². The van der Waals surface area contributed by atoms with E-state index < -0.39 is 0 Å². The number of nitrogens with one attached hydrogen (secondary N) is 2. The van der Waals surface area contributed by atoms with E-state index in [1.54, 1.807) is 18.2 Å². The minimum atomic E-state index is -0.200. The fraction of sp³-hybridized carbons (Fsp3) is 0.545. The van der Waals surface area contributed by atoms with Crippen molar-refractivity contribution in [1.29, 1.82) is 0 Å². The highest BCUT2D eigenvalue weighted by molar-refractivity contribution is 5.88. The standard InChI is InChI=1S/C22H33N3O2/c1-6-8-9-16(7-2)10-11-20(26)23-13-12-17-18-14-25(15-19(17)18)21(27)24-22(3,4)5/h6-11,17-19H,2,12-15H2,1,3-5H3,(H,23,26)(H,24,27)/b8-6-,11-10+,16-9+/t17?,18-,19+. The number of fused-ring (bicyclic) bond motifs is 1. The van der Waals surface area contributed by atoms with E-state index in [0.717, 1.165) is 25.1 Å². The highest BCUT2D eigenvalue weighted by Gasteiger charge is 2.55. The molecule has 5 heteroatoms. The minimum Gasteiger partial charge on any atom is -0.353 e. The summed E-state index contributed by atoms with van der Waals surface area (Å²) in [5.41, 5.74) is 0.697. The topological polar surface area (TPSA) is 61.4 Å². The van der Waals surface area contributed by atoms with E-state index in [-0.39, 0.29) is 17.5 Å². The van der Waals surface area contributed by atoms with Crippen LogP contribution in [0.25, 0.3) is 0 Å². The van der Waals surface area contributed by atoms with Gasteiger partial charge in [-0.15, -0.1) is 0 Å². The number of likely N-dealkylation sites (tertiary alicyclic amines) is 1. The van der Waals surface area contributed by atoms with E-state index in [9.17, 15) is 9.59 Å². The highest BCUT2D eigenvalue weighted by atomic mass is 16.2. The third-order valence-corrected chi connectivity index (χ3v) is 5.06. The number of amides is 3. The number of hydrogen-bond donors (Lipinski definition) is 2. The molecule has 0 aromatic carbocycles. The van der Waals surface area contributed by atoms with Crippen LogP contribution in [0, 0.1) is 17.8 Å². The Bertz CT molecular complexity index is 643. The first-order chi connectivity index (χ1) is 12.7. The molecule has 0 bridgehead atoms. The summed E-state index contributed by atoms with van der Waals surface area (Å²) in [4.78, 5) is 26.0. The first-order valence-corrected chi connectivity index (χ1v) is 9.73. The maximum absolute atomic E-state index is 12.2. The molecular weight excluding hydrogens is 338 g/mol. The normalized spacial score (nSPS) is 25.0. The number of piperidine rings is 1. The molecule has 3 atom stereocenters. The molecule has 1 heterocycles. The molecule has 27 heavy (non-hydrogen) atoms. The molecule has 1 aliphatic carbocycles. The van der Waals surface area contributed by atoms with E-state index >= 15 is 0 Å². The molecule has 2 fully saturated rings. The van der Waals surface area contributed by atoms with Gasteiger partial charge in [0.15, 0.2) is 0 Å². The van der Waals surface area contributed by atoms with Gasteiger partial charge in [0.05, 0.1) is 0 Å². The van der Waals surface area contributed by atoms with Crippen LogP contribution in [0.5, 0.6) is 0 Å². The van der Waals surface area contributed by atoms with Gasteiger partial charge in [0.2, 0.25) is 5.91 Å². The summed E-state index contributed by atoms with van der Waals surface area (Å²) < 4.78 is 0.